The Hall–Kier alpha value is -1.76. The number of Topliss-reactive ketones (excluding diaryl/α,β-unsaturated/α-hetero) is 1. The molecule has 0 saturated heterocycles. The molecule has 1 aliphatic heterocycles. The van der Waals surface area contributed by atoms with Gasteiger partial charge in [-0.15, -0.1) is 0 Å². The minimum absolute atomic E-state index is 0.0175. The van der Waals surface area contributed by atoms with E-state index in [1.807, 2.05) is 17.6 Å². The lowest BCUT2D eigenvalue weighted by Gasteiger charge is -2.16. The van der Waals surface area contributed by atoms with Gasteiger partial charge in [-0.2, -0.15) is 0 Å². The van der Waals surface area contributed by atoms with Crippen LogP contribution < -0.4 is 4.80 Å². The molecule has 1 aromatic heterocycles. The summed E-state index contributed by atoms with van der Waals surface area (Å²) in [4.78, 5) is 17.9. The van der Waals surface area contributed by atoms with Gasteiger partial charge in [0.2, 0.25) is 0 Å². The van der Waals surface area contributed by atoms with E-state index in [0.29, 0.717) is 18.0 Å². The fourth-order valence-corrected chi connectivity index (χ4v) is 3.86. The summed E-state index contributed by atoms with van der Waals surface area (Å²) in [5, 5.41) is 9.28. The molecule has 5 nitrogen and oxygen atoms in total. The molecule has 0 saturated carbocycles. The van der Waals surface area contributed by atoms with Gasteiger partial charge in [0.15, 0.2) is 10.6 Å². The maximum absolute atomic E-state index is 11.8. The summed E-state index contributed by atoms with van der Waals surface area (Å²) in [5.41, 5.74) is 4.21. The number of hydrogen-bond acceptors (Lipinski definition) is 5. The third-order valence-corrected chi connectivity index (χ3v) is 5.27. The van der Waals surface area contributed by atoms with Crippen LogP contribution >= 0.6 is 11.3 Å². The molecule has 2 heterocycles. The molecule has 0 amide bonds. The summed E-state index contributed by atoms with van der Waals surface area (Å²) in [5.74, 6) is 0.0308. The second-order valence-electron chi connectivity index (χ2n) is 5.60. The molecule has 122 valence electrons. The molecule has 0 atom stereocenters. The van der Waals surface area contributed by atoms with E-state index in [0.717, 1.165) is 29.2 Å². The molecule has 0 aliphatic carbocycles. The Bertz CT molecular complexity index is 805. The minimum atomic E-state index is 0.0175. The molecule has 0 unspecified atom stereocenters. The third-order valence-electron chi connectivity index (χ3n) is 3.99. The van der Waals surface area contributed by atoms with Crippen LogP contribution in [0.4, 0.5) is 5.69 Å². The van der Waals surface area contributed by atoms with E-state index in [2.05, 4.69) is 12.1 Å². The van der Waals surface area contributed by atoms with Crippen molar-refractivity contribution < 1.29 is 14.6 Å². The minimum Gasteiger partial charge on any atom is -0.395 e. The largest absolute Gasteiger partial charge is 0.395 e. The van der Waals surface area contributed by atoms with Gasteiger partial charge in [0, 0.05) is 19.2 Å². The number of fused-ring (bicyclic) bond motifs is 1. The summed E-state index contributed by atoms with van der Waals surface area (Å²) >= 11 is 1.38. The number of aromatic nitrogens is 1. The van der Waals surface area contributed by atoms with Crippen molar-refractivity contribution in [1.29, 1.82) is 0 Å². The number of rotatable bonds is 4. The second-order valence-corrected chi connectivity index (χ2v) is 6.58. The van der Waals surface area contributed by atoms with E-state index in [4.69, 9.17) is 9.73 Å². The van der Waals surface area contributed by atoms with Gasteiger partial charge < -0.3 is 14.4 Å². The topological polar surface area (TPSA) is 63.8 Å². The number of nitrogens with zero attached hydrogens (tertiary/aromatic N) is 2. The summed E-state index contributed by atoms with van der Waals surface area (Å²) < 4.78 is 7.36. The normalized spacial score (nSPS) is 14.8. The van der Waals surface area contributed by atoms with E-state index in [1.54, 1.807) is 6.92 Å². The molecule has 1 aliphatic rings. The highest BCUT2D eigenvalue weighted by Gasteiger charge is 2.14. The highest BCUT2D eigenvalue weighted by molar-refractivity contribution is 7.11. The maximum Gasteiger partial charge on any atom is 0.190 e. The van der Waals surface area contributed by atoms with E-state index in [1.165, 1.54) is 22.5 Å². The van der Waals surface area contributed by atoms with Crippen LogP contribution in [0.15, 0.2) is 23.2 Å². The van der Waals surface area contributed by atoms with Crippen LogP contribution in [0.25, 0.3) is 0 Å². The number of carbonyl (C=O) groups is 1. The Kier molecular flexibility index (Phi) is 4.75. The van der Waals surface area contributed by atoms with Gasteiger partial charge in [0.1, 0.15) is 0 Å². The Morgan fingerprint density at radius 1 is 1.43 bits per heavy atom. The van der Waals surface area contributed by atoms with Crippen LogP contribution in [0.2, 0.25) is 0 Å². The van der Waals surface area contributed by atoms with Crippen LogP contribution in [-0.2, 0) is 24.3 Å². The number of thiazole rings is 1. The van der Waals surface area contributed by atoms with Crippen molar-refractivity contribution >= 4 is 22.8 Å². The number of aliphatic hydroxyl groups excluding tert-OH is 1. The number of hydrogen-bond donors (Lipinski definition) is 1. The molecule has 1 N–H and O–H groups in total. The van der Waals surface area contributed by atoms with Gasteiger partial charge in [-0.25, -0.2) is 4.99 Å². The van der Waals surface area contributed by atoms with Crippen molar-refractivity contribution in [2.75, 3.05) is 13.2 Å². The van der Waals surface area contributed by atoms with Gasteiger partial charge in [-0.05, 0) is 36.6 Å². The second kappa shape index (κ2) is 6.78. The van der Waals surface area contributed by atoms with Gasteiger partial charge >= 0.3 is 0 Å². The number of benzene rings is 1. The number of carbonyl (C=O) groups excluding carboxylic acids is 1. The predicted molar refractivity (Wildman–Crippen MR) is 89.2 cm³/mol. The van der Waals surface area contributed by atoms with Crippen molar-refractivity contribution in [3.63, 3.8) is 0 Å². The van der Waals surface area contributed by atoms with Crippen molar-refractivity contribution in [3.05, 3.63) is 44.7 Å². The molecule has 23 heavy (non-hydrogen) atoms. The van der Waals surface area contributed by atoms with Crippen LogP contribution in [0.1, 0.15) is 33.4 Å². The van der Waals surface area contributed by atoms with Crippen LogP contribution in [0, 0.1) is 6.92 Å². The number of ketones is 1. The predicted octanol–water partition coefficient (Wildman–Crippen LogP) is 2.36. The van der Waals surface area contributed by atoms with Crippen LogP contribution in [0.3, 0.4) is 0 Å². The van der Waals surface area contributed by atoms with Crippen LogP contribution in [0.5, 0.6) is 0 Å². The quantitative estimate of drug-likeness (QED) is 0.874. The zero-order valence-electron chi connectivity index (χ0n) is 13.3. The van der Waals surface area contributed by atoms with E-state index >= 15 is 0 Å². The van der Waals surface area contributed by atoms with Gasteiger partial charge in [-0.3, -0.25) is 4.79 Å². The zero-order valence-corrected chi connectivity index (χ0v) is 14.2. The first-order valence-electron chi connectivity index (χ1n) is 7.66. The lowest BCUT2D eigenvalue weighted by atomic mass is 10.0. The Labute approximate surface area is 138 Å². The Morgan fingerprint density at radius 3 is 3.00 bits per heavy atom. The lowest BCUT2D eigenvalue weighted by molar-refractivity contribution is 0.102. The highest BCUT2D eigenvalue weighted by Crippen LogP contribution is 2.23. The molecular weight excluding hydrogens is 312 g/mol. The average Bonchev–Trinajstić information content (AvgIpc) is 2.85. The molecule has 0 bridgehead atoms. The number of aliphatic hydroxyl groups is 1. The summed E-state index contributed by atoms with van der Waals surface area (Å²) in [6, 6.07) is 6.11. The Balaban J connectivity index is 2.08. The summed E-state index contributed by atoms with van der Waals surface area (Å²) in [6.07, 6.45) is 0.900. The smallest absolute Gasteiger partial charge is 0.190 e. The lowest BCUT2D eigenvalue weighted by Crippen LogP contribution is -2.18. The first kappa shape index (κ1) is 16.1. The van der Waals surface area contributed by atoms with Gasteiger partial charge in [0.05, 0.1) is 30.4 Å². The zero-order chi connectivity index (χ0) is 16.4. The first-order chi connectivity index (χ1) is 11.1. The standard InChI is InChI=1S/C17H20N2O3S/c1-11-16(12(2)21)23-17(19(11)6-7-20)18-15-4-3-14-10-22-8-5-13(14)9-15/h3-4,9,20H,5-8,10H2,1-2H3. The molecular formula is C17H20N2O3S. The fraction of sp³-hybridized carbons (Fsp3) is 0.412. The third kappa shape index (κ3) is 3.29. The molecule has 6 heteroatoms. The van der Waals surface area contributed by atoms with Crippen molar-refractivity contribution in [3.8, 4) is 0 Å². The highest BCUT2D eigenvalue weighted by atomic mass is 32.1. The first-order valence-corrected chi connectivity index (χ1v) is 8.48. The number of ether oxygens (including phenoxy) is 1. The van der Waals surface area contributed by atoms with E-state index in [-0.39, 0.29) is 12.4 Å². The SMILES string of the molecule is CC(=O)c1sc(=Nc2ccc3c(c2)CCOC3)n(CCO)c1C. The fourth-order valence-electron chi connectivity index (χ4n) is 2.79. The summed E-state index contributed by atoms with van der Waals surface area (Å²) in [6.45, 7) is 5.31. The van der Waals surface area contributed by atoms with Crippen molar-refractivity contribution in [2.45, 2.75) is 33.4 Å². The molecule has 0 spiro atoms. The van der Waals surface area contributed by atoms with Gasteiger partial charge in [0.25, 0.3) is 0 Å². The van der Waals surface area contributed by atoms with E-state index in [9.17, 15) is 9.90 Å². The Morgan fingerprint density at radius 2 is 2.26 bits per heavy atom. The molecule has 1 aromatic carbocycles. The summed E-state index contributed by atoms with van der Waals surface area (Å²) in [7, 11) is 0. The molecule has 0 radical (unpaired) electrons. The molecule has 2 aromatic rings. The molecule has 3 rings (SSSR count). The monoisotopic (exact) mass is 332 g/mol. The average molecular weight is 332 g/mol. The van der Waals surface area contributed by atoms with Crippen LogP contribution in [-0.4, -0.2) is 28.7 Å². The maximum atomic E-state index is 11.8. The van der Waals surface area contributed by atoms with Gasteiger partial charge in [-0.1, -0.05) is 17.4 Å². The van der Waals surface area contributed by atoms with Crippen molar-refractivity contribution in [1.82, 2.24) is 4.57 Å². The van der Waals surface area contributed by atoms with E-state index < -0.39 is 0 Å². The molecule has 0 fully saturated rings. The van der Waals surface area contributed by atoms with Crippen molar-refractivity contribution in [2.24, 2.45) is 4.99 Å².